The first-order valence-corrected chi connectivity index (χ1v) is 7.53. The number of nitrogens with one attached hydrogen (secondary N) is 2. The molecule has 19 heavy (non-hydrogen) atoms. The smallest absolute Gasteiger partial charge is 0.0705 e. The van der Waals surface area contributed by atoms with Crippen LogP contribution < -0.4 is 5.32 Å². The quantitative estimate of drug-likeness (QED) is 0.857. The van der Waals surface area contributed by atoms with Crippen molar-refractivity contribution < 1.29 is 0 Å². The van der Waals surface area contributed by atoms with Gasteiger partial charge in [-0.1, -0.05) is 43.6 Å². The number of aromatic nitrogens is 1. The van der Waals surface area contributed by atoms with E-state index in [1.165, 1.54) is 12.8 Å². The lowest BCUT2D eigenvalue weighted by Gasteiger charge is -2.19. The van der Waals surface area contributed by atoms with E-state index in [2.05, 4.69) is 36.3 Å². The highest BCUT2D eigenvalue weighted by Gasteiger charge is 2.29. The van der Waals surface area contributed by atoms with Gasteiger partial charge in [-0.25, -0.2) is 0 Å². The molecule has 1 aromatic heterocycles. The van der Waals surface area contributed by atoms with Crippen LogP contribution in [0.25, 0.3) is 10.9 Å². The largest absolute Gasteiger partial charge is 0.356 e. The Morgan fingerprint density at radius 3 is 2.74 bits per heavy atom. The Balaban J connectivity index is 1.74. The summed E-state index contributed by atoms with van der Waals surface area (Å²) < 4.78 is 0. The number of hydrogen-bond donors (Lipinski definition) is 2. The molecule has 1 fully saturated rings. The van der Waals surface area contributed by atoms with Crippen LogP contribution in [0, 0.1) is 11.8 Å². The van der Waals surface area contributed by atoms with Crippen LogP contribution in [0.4, 0.5) is 0 Å². The zero-order chi connectivity index (χ0) is 13.4. The molecule has 2 N–H and O–H groups in total. The van der Waals surface area contributed by atoms with Crippen LogP contribution in [0.3, 0.4) is 0 Å². The van der Waals surface area contributed by atoms with Crippen molar-refractivity contribution in [3.63, 3.8) is 0 Å². The Bertz CT molecular complexity index is 575. The molecule has 0 bridgehead atoms. The van der Waals surface area contributed by atoms with Gasteiger partial charge >= 0.3 is 0 Å². The molecule has 3 rings (SSSR count). The monoisotopic (exact) mass is 276 g/mol. The molecule has 1 heterocycles. The third-order valence-corrected chi connectivity index (χ3v) is 5.15. The minimum Gasteiger partial charge on any atom is -0.356 e. The zero-order valence-corrected chi connectivity index (χ0v) is 12.3. The topological polar surface area (TPSA) is 27.8 Å². The molecular weight excluding hydrogens is 256 g/mol. The minimum absolute atomic E-state index is 0.623. The lowest BCUT2D eigenvalue weighted by molar-refractivity contribution is 0.369. The summed E-state index contributed by atoms with van der Waals surface area (Å²) in [7, 11) is 0. The summed E-state index contributed by atoms with van der Waals surface area (Å²) in [5.41, 5.74) is 2.23. The Morgan fingerprint density at radius 2 is 2.05 bits per heavy atom. The first-order chi connectivity index (χ1) is 9.16. The highest BCUT2D eigenvalue weighted by atomic mass is 35.5. The van der Waals surface area contributed by atoms with Crippen LogP contribution in [0.15, 0.2) is 24.3 Å². The van der Waals surface area contributed by atoms with Gasteiger partial charge in [0.05, 0.1) is 5.02 Å². The van der Waals surface area contributed by atoms with Crippen molar-refractivity contribution >= 4 is 22.5 Å². The van der Waals surface area contributed by atoms with Crippen molar-refractivity contribution in [3.8, 4) is 0 Å². The average molecular weight is 277 g/mol. The van der Waals surface area contributed by atoms with E-state index < -0.39 is 0 Å². The molecule has 2 aromatic rings. The molecule has 0 radical (unpaired) electrons. The lowest BCUT2D eigenvalue weighted by Crippen LogP contribution is -2.32. The number of aromatic amines is 1. The van der Waals surface area contributed by atoms with E-state index in [9.17, 15) is 0 Å². The molecule has 0 amide bonds. The van der Waals surface area contributed by atoms with Crippen LogP contribution in [0.1, 0.15) is 32.4 Å². The van der Waals surface area contributed by atoms with Crippen molar-refractivity contribution in [1.29, 1.82) is 0 Å². The molecule has 2 nitrogen and oxygen atoms in total. The van der Waals surface area contributed by atoms with E-state index in [-0.39, 0.29) is 0 Å². The van der Waals surface area contributed by atoms with E-state index in [1.807, 2.05) is 12.1 Å². The number of halogens is 1. The molecule has 0 saturated heterocycles. The summed E-state index contributed by atoms with van der Waals surface area (Å²) in [5.74, 6) is 1.58. The molecule has 0 aliphatic heterocycles. The molecule has 1 aromatic carbocycles. The van der Waals surface area contributed by atoms with Crippen LogP contribution in [-0.4, -0.2) is 11.0 Å². The van der Waals surface area contributed by atoms with Crippen molar-refractivity contribution in [3.05, 3.63) is 35.0 Å². The number of para-hydroxylation sites is 1. The van der Waals surface area contributed by atoms with Crippen LogP contribution in [0.5, 0.6) is 0 Å². The molecule has 1 aliphatic carbocycles. The predicted octanol–water partition coefficient (Wildman–Crippen LogP) is 4.35. The second-order valence-corrected chi connectivity index (χ2v) is 6.24. The van der Waals surface area contributed by atoms with Gasteiger partial charge in [-0.3, -0.25) is 0 Å². The molecule has 0 spiro atoms. The van der Waals surface area contributed by atoms with Gasteiger partial charge in [-0.05, 0) is 30.7 Å². The fourth-order valence-corrected chi connectivity index (χ4v) is 3.45. The minimum atomic E-state index is 0.623. The van der Waals surface area contributed by atoms with E-state index in [0.717, 1.165) is 40.0 Å². The Morgan fingerprint density at radius 1 is 1.26 bits per heavy atom. The van der Waals surface area contributed by atoms with Crippen molar-refractivity contribution in [2.24, 2.45) is 11.8 Å². The standard InChI is InChI=1S/C16H21ClN2/c1-10-7-8-13(11(10)2)18-9-15-16(17)12-5-3-4-6-14(12)19-15/h3-6,10-11,13,18-19H,7-9H2,1-2H3. The van der Waals surface area contributed by atoms with Crippen molar-refractivity contribution in [1.82, 2.24) is 10.3 Å². The summed E-state index contributed by atoms with van der Waals surface area (Å²) >= 11 is 6.44. The van der Waals surface area contributed by atoms with E-state index in [0.29, 0.717) is 6.04 Å². The van der Waals surface area contributed by atoms with Crippen molar-refractivity contribution in [2.75, 3.05) is 0 Å². The second-order valence-electron chi connectivity index (χ2n) is 5.86. The zero-order valence-electron chi connectivity index (χ0n) is 11.5. The molecule has 102 valence electrons. The van der Waals surface area contributed by atoms with Gasteiger partial charge in [-0.15, -0.1) is 0 Å². The van der Waals surface area contributed by atoms with E-state index in [4.69, 9.17) is 11.6 Å². The molecule has 3 unspecified atom stereocenters. The first kappa shape index (κ1) is 13.0. The van der Waals surface area contributed by atoms with Crippen LogP contribution >= 0.6 is 11.6 Å². The Hall–Kier alpha value is -0.990. The first-order valence-electron chi connectivity index (χ1n) is 7.15. The van der Waals surface area contributed by atoms with Gasteiger partial charge in [0.1, 0.15) is 0 Å². The SMILES string of the molecule is CC1CCC(NCc2[nH]c3ccccc3c2Cl)C1C. The van der Waals surface area contributed by atoms with Gasteiger partial charge in [-0.2, -0.15) is 0 Å². The normalized spacial score (nSPS) is 27.2. The Labute approximate surface area is 119 Å². The number of fused-ring (bicyclic) bond motifs is 1. The third kappa shape index (κ3) is 2.39. The number of rotatable bonds is 3. The second kappa shape index (κ2) is 5.18. The van der Waals surface area contributed by atoms with Crippen LogP contribution in [-0.2, 0) is 6.54 Å². The maximum absolute atomic E-state index is 6.44. The Kier molecular flexibility index (Phi) is 3.55. The molecule has 3 heteroatoms. The summed E-state index contributed by atoms with van der Waals surface area (Å²) in [6.45, 7) is 5.53. The maximum atomic E-state index is 6.44. The van der Waals surface area contributed by atoms with Gasteiger partial charge in [0.25, 0.3) is 0 Å². The van der Waals surface area contributed by atoms with Gasteiger partial charge in [0.15, 0.2) is 0 Å². The van der Waals surface area contributed by atoms with E-state index in [1.54, 1.807) is 0 Å². The van der Waals surface area contributed by atoms with E-state index >= 15 is 0 Å². The lowest BCUT2D eigenvalue weighted by atomic mass is 9.98. The average Bonchev–Trinajstić information content (AvgIpc) is 2.91. The van der Waals surface area contributed by atoms with Gasteiger partial charge in [0.2, 0.25) is 0 Å². The molecule has 1 aliphatic rings. The molecule has 1 saturated carbocycles. The molecule has 3 atom stereocenters. The highest BCUT2D eigenvalue weighted by molar-refractivity contribution is 6.36. The number of H-pyrrole nitrogens is 1. The van der Waals surface area contributed by atoms with Crippen molar-refractivity contribution in [2.45, 2.75) is 39.3 Å². The number of benzene rings is 1. The summed E-state index contributed by atoms with van der Waals surface area (Å²) in [5, 5.41) is 5.65. The summed E-state index contributed by atoms with van der Waals surface area (Å²) in [6.07, 6.45) is 2.61. The molecular formula is C16H21ClN2. The summed E-state index contributed by atoms with van der Waals surface area (Å²) in [4.78, 5) is 3.42. The predicted molar refractivity (Wildman–Crippen MR) is 81.5 cm³/mol. The highest BCUT2D eigenvalue weighted by Crippen LogP contribution is 2.32. The third-order valence-electron chi connectivity index (χ3n) is 4.72. The van der Waals surface area contributed by atoms with Gasteiger partial charge < -0.3 is 10.3 Å². The number of hydrogen-bond acceptors (Lipinski definition) is 1. The maximum Gasteiger partial charge on any atom is 0.0705 e. The fourth-order valence-electron chi connectivity index (χ4n) is 3.17. The summed E-state index contributed by atoms with van der Waals surface area (Å²) in [6, 6.07) is 8.83. The fraction of sp³-hybridized carbons (Fsp3) is 0.500. The van der Waals surface area contributed by atoms with Crippen LogP contribution in [0.2, 0.25) is 5.02 Å². The van der Waals surface area contributed by atoms with Gasteiger partial charge in [0, 0.05) is 29.2 Å².